The maximum atomic E-state index is 11.6. The highest BCUT2D eigenvalue weighted by Crippen LogP contribution is 2.21. The number of hydrogen-bond acceptors (Lipinski definition) is 4. The maximum Gasteiger partial charge on any atom is 0.511 e. The standard InChI is InChI=1S/C4H8F3NO4S/c5-4(6,7)13(11,12)8-1-3(10)2-9/h3,8-10H,1-2H2. The maximum absolute atomic E-state index is 11.6. The third-order valence-corrected chi connectivity index (χ3v) is 2.18. The first kappa shape index (κ1) is 12.6. The zero-order valence-corrected chi connectivity index (χ0v) is 7.06. The highest BCUT2D eigenvalue weighted by molar-refractivity contribution is 7.90. The van der Waals surface area contributed by atoms with Crippen LogP contribution in [-0.4, -0.2) is 43.4 Å². The SMILES string of the molecule is O=S(=O)(NCC(O)CO)C(F)(F)F. The molecule has 0 radical (unpaired) electrons. The first-order valence-electron chi connectivity index (χ1n) is 3.05. The molecule has 0 fully saturated rings. The van der Waals surface area contributed by atoms with Crippen molar-refractivity contribution in [3.05, 3.63) is 0 Å². The van der Waals surface area contributed by atoms with Crippen LogP contribution in [0, 0.1) is 0 Å². The van der Waals surface area contributed by atoms with E-state index in [4.69, 9.17) is 10.2 Å². The summed E-state index contributed by atoms with van der Waals surface area (Å²) in [5, 5.41) is 16.7. The van der Waals surface area contributed by atoms with Crippen LogP contribution in [0.2, 0.25) is 0 Å². The quantitative estimate of drug-likeness (QED) is 0.557. The Balaban J connectivity index is 4.22. The molecule has 0 aromatic carbocycles. The van der Waals surface area contributed by atoms with Crippen LogP contribution >= 0.6 is 0 Å². The zero-order chi connectivity index (χ0) is 10.7. The summed E-state index contributed by atoms with van der Waals surface area (Å²) in [4.78, 5) is 0. The van der Waals surface area contributed by atoms with Crippen LogP contribution in [0.5, 0.6) is 0 Å². The van der Waals surface area contributed by atoms with Gasteiger partial charge < -0.3 is 10.2 Å². The molecule has 0 saturated heterocycles. The number of halogens is 3. The van der Waals surface area contributed by atoms with Gasteiger partial charge in [0.15, 0.2) is 0 Å². The molecular formula is C4H8F3NO4S. The molecule has 0 aliphatic heterocycles. The third-order valence-electron chi connectivity index (χ3n) is 1.02. The van der Waals surface area contributed by atoms with Crippen LogP contribution in [0.4, 0.5) is 13.2 Å². The Bertz CT molecular complexity index is 249. The summed E-state index contributed by atoms with van der Waals surface area (Å²) in [6.07, 6.45) is -1.54. The normalized spacial score (nSPS) is 15.8. The summed E-state index contributed by atoms with van der Waals surface area (Å²) < 4.78 is 56.4. The first-order valence-corrected chi connectivity index (χ1v) is 4.54. The van der Waals surface area contributed by atoms with Gasteiger partial charge in [-0.3, -0.25) is 0 Å². The molecule has 0 amide bonds. The van der Waals surface area contributed by atoms with Crippen LogP contribution in [0.25, 0.3) is 0 Å². The Labute approximate surface area is 72.2 Å². The largest absolute Gasteiger partial charge is 0.511 e. The lowest BCUT2D eigenvalue weighted by Crippen LogP contribution is -2.41. The van der Waals surface area contributed by atoms with Gasteiger partial charge in [0.25, 0.3) is 0 Å². The van der Waals surface area contributed by atoms with Crippen molar-refractivity contribution in [3.63, 3.8) is 0 Å². The van der Waals surface area contributed by atoms with Crippen LogP contribution in [0.3, 0.4) is 0 Å². The molecule has 0 aromatic heterocycles. The molecule has 0 bridgehead atoms. The zero-order valence-electron chi connectivity index (χ0n) is 6.24. The summed E-state index contributed by atoms with van der Waals surface area (Å²) in [6.45, 7) is -1.70. The number of nitrogens with one attached hydrogen (secondary N) is 1. The second kappa shape index (κ2) is 4.22. The van der Waals surface area contributed by atoms with Crippen LogP contribution in [0.15, 0.2) is 0 Å². The molecule has 1 unspecified atom stereocenters. The van der Waals surface area contributed by atoms with Crippen molar-refractivity contribution < 1.29 is 31.8 Å². The second-order valence-corrected chi connectivity index (χ2v) is 3.89. The molecule has 9 heteroatoms. The lowest BCUT2D eigenvalue weighted by Gasteiger charge is -2.11. The minimum Gasteiger partial charge on any atom is -0.394 e. The van der Waals surface area contributed by atoms with Gasteiger partial charge in [-0.05, 0) is 0 Å². The van der Waals surface area contributed by atoms with Gasteiger partial charge in [-0.15, -0.1) is 0 Å². The molecular weight excluding hydrogens is 215 g/mol. The fraction of sp³-hybridized carbons (Fsp3) is 1.00. The first-order chi connectivity index (χ1) is 5.70. The molecule has 0 aliphatic carbocycles. The average Bonchev–Trinajstić information content (AvgIpc) is 1.98. The molecule has 3 N–H and O–H groups in total. The highest BCUT2D eigenvalue weighted by Gasteiger charge is 2.45. The number of alkyl halides is 3. The third kappa shape index (κ3) is 3.89. The van der Waals surface area contributed by atoms with E-state index in [2.05, 4.69) is 0 Å². The molecule has 0 rings (SSSR count). The molecule has 80 valence electrons. The van der Waals surface area contributed by atoms with Gasteiger partial charge >= 0.3 is 15.5 Å². The topological polar surface area (TPSA) is 86.6 Å². The number of sulfonamides is 1. The lowest BCUT2D eigenvalue weighted by atomic mass is 10.4. The van der Waals surface area contributed by atoms with Crippen molar-refractivity contribution in [3.8, 4) is 0 Å². The monoisotopic (exact) mass is 223 g/mol. The van der Waals surface area contributed by atoms with Gasteiger partial charge in [-0.1, -0.05) is 0 Å². The summed E-state index contributed by atoms with van der Waals surface area (Å²) in [7, 11) is -5.42. The molecule has 0 heterocycles. The van der Waals surface area contributed by atoms with Crippen molar-refractivity contribution in [1.29, 1.82) is 0 Å². The van der Waals surface area contributed by atoms with E-state index in [0.717, 1.165) is 4.72 Å². The van der Waals surface area contributed by atoms with Crippen LogP contribution in [0.1, 0.15) is 0 Å². The van der Waals surface area contributed by atoms with Gasteiger partial charge in [0.2, 0.25) is 0 Å². The van der Waals surface area contributed by atoms with Crippen molar-refractivity contribution in [1.82, 2.24) is 4.72 Å². The molecule has 0 saturated carbocycles. The van der Waals surface area contributed by atoms with Crippen molar-refractivity contribution in [2.45, 2.75) is 11.6 Å². The minimum absolute atomic E-state index is 0.819. The van der Waals surface area contributed by atoms with Gasteiger partial charge in [-0.2, -0.15) is 13.2 Å². The number of aliphatic hydroxyl groups is 2. The predicted molar refractivity (Wildman–Crippen MR) is 36.1 cm³/mol. The molecule has 0 spiro atoms. The Morgan fingerprint density at radius 2 is 1.85 bits per heavy atom. The van der Waals surface area contributed by atoms with E-state index in [1.54, 1.807) is 0 Å². The highest BCUT2D eigenvalue weighted by atomic mass is 32.2. The van der Waals surface area contributed by atoms with Crippen molar-refractivity contribution >= 4 is 10.0 Å². The smallest absolute Gasteiger partial charge is 0.394 e. The number of rotatable bonds is 4. The summed E-state index contributed by atoms with van der Waals surface area (Å²) in [5.41, 5.74) is -5.40. The number of aliphatic hydroxyl groups excluding tert-OH is 2. The summed E-state index contributed by atoms with van der Waals surface area (Å²) in [6, 6.07) is 0. The van der Waals surface area contributed by atoms with Gasteiger partial charge in [-0.25, -0.2) is 13.1 Å². The summed E-state index contributed by atoms with van der Waals surface area (Å²) in [5.74, 6) is 0. The van der Waals surface area contributed by atoms with Crippen LogP contribution < -0.4 is 4.72 Å². The fourth-order valence-corrected chi connectivity index (χ4v) is 0.928. The van der Waals surface area contributed by atoms with E-state index in [9.17, 15) is 21.6 Å². The average molecular weight is 223 g/mol. The van der Waals surface area contributed by atoms with E-state index in [-0.39, 0.29) is 0 Å². The Hall–Kier alpha value is -0.380. The molecule has 1 atom stereocenters. The predicted octanol–water partition coefficient (Wildman–Crippen LogP) is -1.22. The van der Waals surface area contributed by atoms with E-state index in [0.29, 0.717) is 0 Å². The molecule has 0 aliphatic rings. The van der Waals surface area contributed by atoms with Crippen molar-refractivity contribution in [2.24, 2.45) is 0 Å². The fourth-order valence-electron chi connectivity index (χ4n) is 0.352. The van der Waals surface area contributed by atoms with Crippen molar-refractivity contribution in [2.75, 3.05) is 13.2 Å². The minimum atomic E-state index is -5.42. The van der Waals surface area contributed by atoms with Gasteiger partial charge in [0.1, 0.15) is 0 Å². The van der Waals surface area contributed by atoms with E-state index >= 15 is 0 Å². The Kier molecular flexibility index (Phi) is 4.10. The molecule has 0 aromatic rings. The molecule has 5 nitrogen and oxygen atoms in total. The summed E-state index contributed by atoms with van der Waals surface area (Å²) >= 11 is 0. The lowest BCUT2D eigenvalue weighted by molar-refractivity contribution is -0.0451. The van der Waals surface area contributed by atoms with Gasteiger partial charge in [0.05, 0.1) is 12.7 Å². The Morgan fingerprint density at radius 1 is 1.38 bits per heavy atom. The molecule has 13 heavy (non-hydrogen) atoms. The Morgan fingerprint density at radius 3 is 2.15 bits per heavy atom. The van der Waals surface area contributed by atoms with Crippen LogP contribution in [-0.2, 0) is 10.0 Å². The number of hydrogen-bond donors (Lipinski definition) is 3. The van der Waals surface area contributed by atoms with E-state index in [1.807, 2.05) is 0 Å². The van der Waals surface area contributed by atoms with Gasteiger partial charge in [0, 0.05) is 6.54 Å². The van der Waals surface area contributed by atoms with E-state index < -0.39 is 34.8 Å². The van der Waals surface area contributed by atoms with E-state index in [1.165, 1.54) is 0 Å². The second-order valence-electron chi connectivity index (χ2n) is 2.13.